The predicted octanol–water partition coefficient (Wildman–Crippen LogP) is 6.46. The van der Waals surface area contributed by atoms with Crippen LogP contribution in [0.1, 0.15) is 6.92 Å². The van der Waals surface area contributed by atoms with Gasteiger partial charge in [-0.3, -0.25) is 0 Å². The number of hydrogen-bond donors (Lipinski definition) is 2. The van der Waals surface area contributed by atoms with E-state index in [0.717, 1.165) is 22.3 Å². The van der Waals surface area contributed by atoms with Gasteiger partial charge in [0, 0.05) is 23.1 Å². The highest BCUT2D eigenvalue weighted by Gasteiger charge is 2.12. The summed E-state index contributed by atoms with van der Waals surface area (Å²) in [4.78, 5) is 0. The number of hydrogen-bond acceptors (Lipinski definition) is 2. The molecule has 3 aromatic carbocycles. The molecule has 0 bridgehead atoms. The minimum Gasteiger partial charge on any atom is -0.508 e. The first-order valence-electron chi connectivity index (χ1n) is 9.89. The van der Waals surface area contributed by atoms with Crippen molar-refractivity contribution in [1.82, 2.24) is 4.57 Å². The molecule has 0 atom stereocenters. The summed E-state index contributed by atoms with van der Waals surface area (Å²) in [7, 11) is 0. The zero-order valence-electron chi connectivity index (χ0n) is 17.3. The van der Waals surface area contributed by atoms with Crippen molar-refractivity contribution in [3.63, 3.8) is 0 Å². The minimum absolute atomic E-state index is 0.0661. The van der Waals surface area contributed by atoms with E-state index in [-0.39, 0.29) is 12.4 Å². The van der Waals surface area contributed by atoms with E-state index >= 15 is 0 Å². The Labute approximate surface area is 177 Å². The molecule has 3 nitrogen and oxygen atoms in total. The van der Waals surface area contributed by atoms with Crippen molar-refractivity contribution in [2.45, 2.75) is 13.5 Å². The van der Waals surface area contributed by atoms with Gasteiger partial charge in [0.25, 0.3) is 0 Å². The Bertz CT molecular complexity index is 1190. The number of nitrogens with zero attached hydrogens (tertiary/aromatic N) is 1. The smallest absolute Gasteiger partial charge is 0.115 e. The number of aromatic hydroxyl groups is 1. The van der Waals surface area contributed by atoms with E-state index in [4.69, 9.17) is 0 Å². The van der Waals surface area contributed by atoms with E-state index in [0.29, 0.717) is 6.54 Å². The van der Waals surface area contributed by atoms with Crippen LogP contribution in [-0.4, -0.2) is 21.4 Å². The lowest BCUT2D eigenvalue weighted by atomic mass is 10.1. The van der Waals surface area contributed by atoms with Crippen LogP contribution in [0.2, 0.25) is 0 Å². The van der Waals surface area contributed by atoms with Gasteiger partial charge >= 0.3 is 0 Å². The lowest BCUT2D eigenvalue weighted by Crippen LogP contribution is -1.99. The Kier molecular flexibility index (Phi) is 6.89. The van der Waals surface area contributed by atoms with Gasteiger partial charge in [0.05, 0.1) is 6.61 Å². The molecule has 1 aromatic heterocycles. The molecule has 0 aliphatic carbocycles. The summed E-state index contributed by atoms with van der Waals surface area (Å²) in [6, 6.07) is 22.2. The maximum atomic E-state index is 9.62. The van der Waals surface area contributed by atoms with Crippen molar-refractivity contribution in [1.29, 1.82) is 0 Å². The number of fused-ring (bicyclic) bond motifs is 3. The zero-order chi connectivity index (χ0) is 21.5. The number of aromatic nitrogens is 1. The van der Waals surface area contributed by atoms with Crippen molar-refractivity contribution in [3.05, 3.63) is 104 Å². The first-order valence-corrected chi connectivity index (χ1v) is 9.89. The van der Waals surface area contributed by atoms with E-state index in [9.17, 15) is 10.2 Å². The lowest BCUT2D eigenvalue weighted by Gasteiger charge is -2.10. The molecule has 0 radical (unpaired) electrons. The quantitative estimate of drug-likeness (QED) is 0.300. The number of benzene rings is 3. The standard InChI is InChI=1S/C23H21NO2.C4H6/c1-16(15-25)12-13-24-22-11-8-17-4-2-3-5-20(17)21(22)14-23(24)18-6-9-19(26)10-7-18;1-3-4-2/h2-12,14,25-26H,13,15H2,1H3;3-4H,1-2H2/b16-12+;. The largest absolute Gasteiger partial charge is 0.508 e. The summed E-state index contributed by atoms with van der Waals surface area (Å²) < 4.78 is 2.26. The van der Waals surface area contributed by atoms with Gasteiger partial charge in [-0.15, -0.1) is 0 Å². The van der Waals surface area contributed by atoms with E-state index in [2.05, 4.69) is 66.3 Å². The Morgan fingerprint density at radius 2 is 1.63 bits per heavy atom. The summed E-state index contributed by atoms with van der Waals surface area (Å²) >= 11 is 0. The highest BCUT2D eigenvalue weighted by Crippen LogP contribution is 2.33. The fourth-order valence-electron chi connectivity index (χ4n) is 3.40. The van der Waals surface area contributed by atoms with Crippen LogP contribution in [0.25, 0.3) is 32.9 Å². The first-order chi connectivity index (χ1) is 14.6. The van der Waals surface area contributed by atoms with Crippen molar-refractivity contribution >= 4 is 21.7 Å². The second-order valence-electron chi connectivity index (χ2n) is 7.09. The highest BCUT2D eigenvalue weighted by atomic mass is 16.3. The average Bonchev–Trinajstić information content (AvgIpc) is 3.17. The predicted molar refractivity (Wildman–Crippen MR) is 128 cm³/mol. The summed E-state index contributed by atoms with van der Waals surface area (Å²) in [6.45, 7) is 9.41. The molecule has 0 unspecified atom stereocenters. The van der Waals surface area contributed by atoms with Crippen molar-refractivity contribution in [2.24, 2.45) is 0 Å². The molecule has 0 aliphatic rings. The van der Waals surface area contributed by atoms with E-state index < -0.39 is 0 Å². The Morgan fingerprint density at radius 1 is 0.933 bits per heavy atom. The van der Waals surface area contributed by atoms with Crippen LogP contribution in [0.3, 0.4) is 0 Å². The molecule has 2 N–H and O–H groups in total. The normalized spacial score (nSPS) is 11.2. The number of allylic oxidation sites excluding steroid dienone is 3. The lowest BCUT2D eigenvalue weighted by molar-refractivity contribution is 0.331. The molecule has 0 saturated carbocycles. The van der Waals surface area contributed by atoms with Crippen LogP contribution in [0.15, 0.2) is 104 Å². The van der Waals surface area contributed by atoms with Crippen LogP contribution in [-0.2, 0) is 6.54 Å². The van der Waals surface area contributed by atoms with Gasteiger partial charge in [0.1, 0.15) is 5.75 Å². The van der Waals surface area contributed by atoms with Gasteiger partial charge in [-0.05, 0) is 59.7 Å². The fraction of sp³-hybridized carbons (Fsp3) is 0.111. The zero-order valence-corrected chi connectivity index (χ0v) is 17.3. The molecule has 0 fully saturated rings. The van der Waals surface area contributed by atoms with Crippen LogP contribution in [0.5, 0.6) is 5.75 Å². The SMILES string of the molecule is C/C(=C\Cn1c(-c2ccc(O)cc2)cc2c3ccccc3ccc21)CO.C=CC=C. The topological polar surface area (TPSA) is 45.4 Å². The molecule has 4 aromatic rings. The molecule has 152 valence electrons. The monoisotopic (exact) mass is 397 g/mol. The molecule has 1 heterocycles. The van der Waals surface area contributed by atoms with Gasteiger partial charge in [0.15, 0.2) is 0 Å². The summed E-state index contributed by atoms with van der Waals surface area (Å²) in [5, 5.41) is 22.6. The third-order valence-corrected chi connectivity index (χ3v) is 5.01. The second-order valence-corrected chi connectivity index (χ2v) is 7.09. The fourth-order valence-corrected chi connectivity index (χ4v) is 3.40. The number of phenols is 1. The van der Waals surface area contributed by atoms with Crippen LogP contribution >= 0.6 is 0 Å². The Morgan fingerprint density at radius 3 is 2.30 bits per heavy atom. The van der Waals surface area contributed by atoms with E-state index in [1.54, 1.807) is 24.3 Å². The molecule has 4 rings (SSSR count). The van der Waals surface area contributed by atoms with Crippen molar-refractivity contribution in [3.8, 4) is 17.0 Å². The molecule has 30 heavy (non-hydrogen) atoms. The van der Waals surface area contributed by atoms with Crippen molar-refractivity contribution in [2.75, 3.05) is 6.61 Å². The maximum Gasteiger partial charge on any atom is 0.115 e. The van der Waals surface area contributed by atoms with E-state index in [1.807, 2.05) is 19.1 Å². The average molecular weight is 398 g/mol. The summed E-state index contributed by atoms with van der Waals surface area (Å²) in [5.74, 6) is 0.262. The number of aliphatic hydroxyl groups excluding tert-OH is 1. The van der Waals surface area contributed by atoms with Gasteiger partial charge in [-0.1, -0.05) is 67.3 Å². The number of aliphatic hydroxyl groups is 1. The number of rotatable bonds is 5. The van der Waals surface area contributed by atoms with Crippen LogP contribution < -0.4 is 0 Å². The van der Waals surface area contributed by atoms with Crippen LogP contribution in [0.4, 0.5) is 0 Å². The first kappa shape index (κ1) is 21.2. The van der Waals surface area contributed by atoms with Gasteiger partial charge in [0.2, 0.25) is 0 Å². The van der Waals surface area contributed by atoms with Gasteiger partial charge < -0.3 is 14.8 Å². The molecule has 0 saturated heterocycles. The molecular formula is C27H27NO2. The number of phenolic OH excluding ortho intramolecular Hbond substituents is 1. The highest BCUT2D eigenvalue weighted by molar-refractivity contribution is 6.08. The third kappa shape index (κ3) is 4.53. The maximum absolute atomic E-state index is 9.62. The molecule has 0 aliphatic heterocycles. The molecular weight excluding hydrogens is 370 g/mol. The molecule has 3 heteroatoms. The Balaban J connectivity index is 0.000000589. The third-order valence-electron chi connectivity index (χ3n) is 5.01. The van der Waals surface area contributed by atoms with Gasteiger partial charge in [-0.2, -0.15) is 0 Å². The molecule has 0 amide bonds. The summed E-state index contributed by atoms with van der Waals surface area (Å²) in [6.07, 6.45) is 5.33. The second kappa shape index (κ2) is 9.77. The van der Waals surface area contributed by atoms with Gasteiger partial charge in [-0.25, -0.2) is 0 Å². The minimum atomic E-state index is 0.0661. The summed E-state index contributed by atoms with van der Waals surface area (Å²) in [5.41, 5.74) is 4.26. The molecule has 0 spiro atoms. The van der Waals surface area contributed by atoms with Crippen molar-refractivity contribution < 1.29 is 10.2 Å². The van der Waals surface area contributed by atoms with Crippen LogP contribution in [0, 0.1) is 0 Å². The Hall–Kier alpha value is -3.56. The van der Waals surface area contributed by atoms with E-state index in [1.165, 1.54) is 16.2 Å².